The summed E-state index contributed by atoms with van der Waals surface area (Å²) in [5.41, 5.74) is 2.70. The van der Waals surface area contributed by atoms with E-state index >= 15 is 0 Å². The van der Waals surface area contributed by atoms with E-state index in [2.05, 4.69) is 39.5 Å². The number of carbonyl (C=O) groups excluding carboxylic acids is 1. The lowest BCUT2D eigenvalue weighted by Crippen LogP contribution is -2.40. The Hall–Kier alpha value is -3.20. The molecule has 0 bridgehead atoms. The van der Waals surface area contributed by atoms with Crippen LogP contribution in [0.5, 0.6) is 0 Å². The van der Waals surface area contributed by atoms with E-state index in [1.807, 2.05) is 35.9 Å². The predicted molar refractivity (Wildman–Crippen MR) is 129 cm³/mol. The van der Waals surface area contributed by atoms with Gasteiger partial charge in [-0.1, -0.05) is 0 Å². The summed E-state index contributed by atoms with van der Waals surface area (Å²) >= 11 is 1.69. The molecule has 5 heterocycles. The maximum Gasteiger partial charge on any atom is 0.253 e. The number of nitrogens with one attached hydrogen (secondary N) is 2. The molecule has 1 aliphatic heterocycles. The number of halogens is 1. The van der Waals surface area contributed by atoms with Gasteiger partial charge in [0.2, 0.25) is 0 Å². The van der Waals surface area contributed by atoms with Crippen LogP contribution in [0.25, 0.3) is 16.2 Å². The summed E-state index contributed by atoms with van der Waals surface area (Å²) in [4.78, 5) is 22.4. The third kappa shape index (κ3) is 4.25. The molecule has 4 aromatic rings. The van der Waals surface area contributed by atoms with Gasteiger partial charge in [-0.15, -0.1) is 11.3 Å². The van der Waals surface area contributed by atoms with Crippen LogP contribution in [0.3, 0.4) is 0 Å². The van der Waals surface area contributed by atoms with Crippen LogP contribution in [0.2, 0.25) is 0 Å². The lowest BCUT2D eigenvalue weighted by molar-refractivity contribution is 0.0938. The second kappa shape index (κ2) is 8.30. The largest absolute Gasteiger partial charge is 0.368 e. The quantitative estimate of drug-likeness (QED) is 0.438. The van der Waals surface area contributed by atoms with Crippen LogP contribution in [0.1, 0.15) is 53.7 Å². The van der Waals surface area contributed by atoms with Crippen LogP contribution >= 0.6 is 11.3 Å². The monoisotopic (exact) mass is 466 g/mol. The van der Waals surface area contributed by atoms with Crippen molar-refractivity contribution in [3.8, 4) is 10.6 Å². The lowest BCUT2D eigenvalue weighted by Gasteiger charge is -2.35. The predicted octanol–water partition coefficient (Wildman–Crippen LogP) is 4.91. The minimum atomic E-state index is -1.16. The van der Waals surface area contributed by atoms with Gasteiger partial charge in [0.25, 0.3) is 5.91 Å². The number of H-pyrrole nitrogens is 1. The normalized spacial score (nSPS) is 16.8. The van der Waals surface area contributed by atoms with Crippen LogP contribution in [0.4, 0.5) is 10.1 Å². The van der Waals surface area contributed by atoms with E-state index in [1.165, 1.54) is 4.88 Å². The number of carbonyl (C=O) groups is 1. The first-order chi connectivity index (χ1) is 15.8. The van der Waals surface area contributed by atoms with E-state index in [4.69, 9.17) is 4.98 Å². The van der Waals surface area contributed by atoms with E-state index in [9.17, 15) is 9.18 Å². The number of piperidine rings is 1. The number of thiophene rings is 1. The van der Waals surface area contributed by atoms with Crippen LogP contribution in [0.15, 0.2) is 42.9 Å². The third-order valence-electron chi connectivity index (χ3n) is 6.30. The van der Waals surface area contributed by atoms with Crippen molar-refractivity contribution in [2.24, 2.45) is 0 Å². The molecule has 1 atom stereocenters. The number of hydrogen-bond donors (Lipinski definition) is 2. The Morgan fingerprint density at radius 1 is 1.30 bits per heavy atom. The van der Waals surface area contributed by atoms with E-state index in [1.54, 1.807) is 24.5 Å². The highest BCUT2D eigenvalue weighted by Crippen LogP contribution is 2.35. The number of aromatic amines is 1. The summed E-state index contributed by atoms with van der Waals surface area (Å²) in [6.07, 6.45) is 6.32. The fourth-order valence-corrected chi connectivity index (χ4v) is 5.14. The van der Waals surface area contributed by atoms with Crippen molar-refractivity contribution in [3.05, 3.63) is 59.0 Å². The zero-order chi connectivity index (χ0) is 23.2. The van der Waals surface area contributed by atoms with Gasteiger partial charge in [0, 0.05) is 30.4 Å². The minimum absolute atomic E-state index is 0.192. The summed E-state index contributed by atoms with van der Waals surface area (Å²) in [6.45, 7) is 6.79. The highest BCUT2D eigenvalue weighted by Gasteiger charge is 2.31. The molecule has 9 heteroatoms. The fraction of sp³-hybridized carbons (Fsp3) is 0.375. The molecule has 5 rings (SSSR count). The summed E-state index contributed by atoms with van der Waals surface area (Å²) in [5, 5.41) is 9.98. The average Bonchev–Trinajstić information content (AvgIpc) is 3.53. The van der Waals surface area contributed by atoms with Gasteiger partial charge in [-0.3, -0.25) is 14.3 Å². The van der Waals surface area contributed by atoms with Crippen molar-refractivity contribution >= 4 is 28.6 Å². The number of amides is 1. The van der Waals surface area contributed by atoms with Gasteiger partial charge >= 0.3 is 0 Å². The number of rotatable bonds is 5. The highest BCUT2D eigenvalue weighted by molar-refractivity contribution is 7.15. The Labute approximate surface area is 195 Å². The van der Waals surface area contributed by atoms with Crippen molar-refractivity contribution < 1.29 is 9.18 Å². The molecule has 0 radical (unpaired) electrons. The number of anilines is 1. The second-order valence-electron chi connectivity index (χ2n) is 8.96. The zero-order valence-corrected chi connectivity index (χ0v) is 19.7. The van der Waals surface area contributed by atoms with Crippen molar-refractivity contribution in [1.29, 1.82) is 0 Å². The molecule has 33 heavy (non-hydrogen) atoms. The Morgan fingerprint density at radius 2 is 2.09 bits per heavy atom. The van der Waals surface area contributed by atoms with Crippen LogP contribution in [0, 0.1) is 6.92 Å². The molecule has 0 aliphatic carbocycles. The molecule has 1 fully saturated rings. The smallest absolute Gasteiger partial charge is 0.253 e. The van der Waals surface area contributed by atoms with Gasteiger partial charge in [-0.05, 0) is 57.9 Å². The van der Waals surface area contributed by atoms with E-state index in [-0.39, 0.29) is 11.9 Å². The van der Waals surface area contributed by atoms with Gasteiger partial charge in [-0.2, -0.15) is 5.10 Å². The maximum atomic E-state index is 14.5. The molecule has 2 N–H and O–H groups in total. The lowest BCUT2D eigenvalue weighted by atomic mass is 9.95. The van der Waals surface area contributed by atoms with Crippen LogP contribution < -0.4 is 10.2 Å². The molecule has 1 amide bonds. The highest BCUT2D eigenvalue weighted by atomic mass is 32.1. The van der Waals surface area contributed by atoms with Gasteiger partial charge < -0.3 is 10.2 Å². The van der Waals surface area contributed by atoms with Gasteiger partial charge in [0.05, 0.1) is 39.8 Å². The number of nitrogens with zero attached hydrogens (tertiary/aromatic N) is 4. The molecule has 0 spiro atoms. The second-order valence-corrected chi connectivity index (χ2v) is 10.2. The third-order valence-corrected chi connectivity index (χ3v) is 7.32. The Balaban J connectivity index is 1.56. The summed E-state index contributed by atoms with van der Waals surface area (Å²) in [6, 6.07) is 7.63. The topological polar surface area (TPSA) is 78.3 Å². The molecule has 4 aromatic heterocycles. The number of alkyl halides is 1. The summed E-state index contributed by atoms with van der Waals surface area (Å²) < 4.78 is 16.5. The zero-order valence-electron chi connectivity index (χ0n) is 18.9. The summed E-state index contributed by atoms with van der Waals surface area (Å²) in [7, 11) is 0. The number of aryl methyl sites for hydroxylation is 1. The first-order valence-corrected chi connectivity index (χ1v) is 11.9. The molecule has 1 aliphatic rings. The standard InChI is InChI=1S/C24H27FN6OS/c1-15-4-5-21(33-15)20-13-26-22-19(30-10-7-24(3,25)8-11-30)12-17(14-31(20)22)23(32)28-16(2)18-6-9-27-29-18/h4-6,9,12-14,16H,7-8,10-11H2,1-3H3,(H,27,29)(H,28,32)/t16-/m0/s1. The number of hydrogen-bond acceptors (Lipinski definition) is 5. The first-order valence-electron chi connectivity index (χ1n) is 11.1. The van der Waals surface area contributed by atoms with Gasteiger partial charge in [0.15, 0.2) is 5.65 Å². The van der Waals surface area contributed by atoms with E-state index in [0.29, 0.717) is 31.5 Å². The van der Waals surface area contributed by atoms with Crippen LogP contribution in [-0.2, 0) is 0 Å². The molecular formula is C24H27FN6OS. The number of imidazole rings is 1. The van der Waals surface area contributed by atoms with Gasteiger partial charge in [-0.25, -0.2) is 9.37 Å². The molecule has 0 aromatic carbocycles. The molecule has 0 unspecified atom stereocenters. The van der Waals surface area contributed by atoms with Crippen molar-refractivity contribution in [1.82, 2.24) is 24.9 Å². The average molecular weight is 467 g/mol. The fourth-order valence-electron chi connectivity index (χ4n) is 4.26. The van der Waals surface area contributed by atoms with Crippen molar-refractivity contribution in [3.63, 3.8) is 0 Å². The number of pyridine rings is 1. The molecule has 7 nitrogen and oxygen atoms in total. The van der Waals surface area contributed by atoms with E-state index in [0.717, 1.165) is 27.6 Å². The molecule has 0 saturated carbocycles. The Bertz CT molecular complexity index is 1280. The van der Waals surface area contributed by atoms with Crippen LogP contribution in [-0.4, -0.2) is 44.2 Å². The van der Waals surface area contributed by atoms with Crippen molar-refractivity contribution in [2.75, 3.05) is 18.0 Å². The first kappa shape index (κ1) is 21.6. The number of fused-ring (bicyclic) bond motifs is 1. The van der Waals surface area contributed by atoms with E-state index < -0.39 is 5.67 Å². The minimum Gasteiger partial charge on any atom is -0.368 e. The Morgan fingerprint density at radius 3 is 2.76 bits per heavy atom. The van der Waals surface area contributed by atoms with Gasteiger partial charge in [0.1, 0.15) is 5.67 Å². The molecule has 1 saturated heterocycles. The number of aromatic nitrogens is 4. The summed E-state index contributed by atoms with van der Waals surface area (Å²) in [5.74, 6) is -0.192. The SMILES string of the molecule is Cc1ccc(-c2cnc3c(N4CCC(C)(F)CC4)cc(C(=O)N[C@@H](C)c4cc[nH]n4)cn23)s1. The molecular weight excluding hydrogens is 439 g/mol. The maximum absolute atomic E-state index is 14.5. The molecule has 172 valence electrons. The van der Waals surface area contributed by atoms with Crippen molar-refractivity contribution in [2.45, 2.75) is 45.3 Å². The Kier molecular flexibility index (Phi) is 5.44.